The van der Waals surface area contributed by atoms with Gasteiger partial charge in [-0.25, -0.2) is 9.36 Å². The summed E-state index contributed by atoms with van der Waals surface area (Å²) in [7, 11) is 2.90. The molecule has 180 valence electrons. The molecule has 12 heteroatoms. The van der Waals surface area contributed by atoms with Crippen molar-refractivity contribution in [2.24, 2.45) is 0 Å². The summed E-state index contributed by atoms with van der Waals surface area (Å²) in [5.41, 5.74) is -0.650. The van der Waals surface area contributed by atoms with Crippen molar-refractivity contribution in [3.05, 3.63) is 84.4 Å². The number of para-hydroxylation sites is 4. The van der Waals surface area contributed by atoms with Crippen molar-refractivity contribution in [2.45, 2.75) is 12.4 Å². The van der Waals surface area contributed by atoms with E-state index in [2.05, 4.69) is 10.2 Å². The van der Waals surface area contributed by atoms with Gasteiger partial charge in [-0.15, -0.1) is 0 Å². The zero-order valence-electron chi connectivity index (χ0n) is 17.8. The predicted molar refractivity (Wildman–Crippen MR) is 110 cm³/mol. The molecule has 4 aromatic rings. The fourth-order valence-electron chi connectivity index (χ4n) is 2.84. The quantitative estimate of drug-likeness (QED) is 0.344. The summed E-state index contributed by atoms with van der Waals surface area (Å²) < 4.78 is 86.9. The molecule has 0 bridgehead atoms. The molecule has 0 N–H and O–H groups in total. The van der Waals surface area contributed by atoms with Crippen LogP contribution in [-0.4, -0.2) is 33.8 Å². The van der Waals surface area contributed by atoms with E-state index >= 15 is 0 Å². The lowest BCUT2D eigenvalue weighted by atomic mass is 10.3. The summed E-state index contributed by atoms with van der Waals surface area (Å²) >= 11 is 0. The normalized spacial score (nSPS) is 11.5. The van der Waals surface area contributed by atoms with Crippen molar-refractivity contribution < 1.29 is 35.8 Å². The number of alkyl halides is 6. The molecule has 0 spiro atoms. The van der Waals surface area contributed by atoms with E-state index in [9.17, 15) is 26.3 Å². The molecule has 34 heavy (non-hydrogen) atoms. The first-order valence-electron chi connectivity index (χ1n) is 9.55. The lowest BCUT2D eigenvalue weighted by Crippen LogP contribution is -2.03. The van der Waals surface area contributed by atoms with Gasteiger partial charge in [-0.3, -0.25) is 0 Å². The van der Waals surface area contributed by atoms with Crippen molar-refractivity contribution in [3.63, 3.8) is 0 Å². The SMILES string of the molecule is COc1ccccc1-n1cc(C(F)(F)F)cn1.COc1ccccc1-n1cc(C(F)(F)F)cn1. The van der Waals surface area contributed by atoms with Gasteiger partial charge in [0, 0.05) is 12.4 Å². The summed E-state index contributed by atoms with van der Waals surface area (Å²) in [5.74, 6) is 0.925. The van der Waals surface area contributed by atoms with E-state index in [0.29, 0.717) is 22.9 Å². The Morgan fingerprint density at radius 2 is 0.971 bits per heavy atom. The maximum Gasteiger partial charge on any atom is 0.419 e. The minimum Gasteiger partial charge on any atom is -0.494 e. The van der Waals surface area contributed by atoms with Gasteiger partial charge in [-0.05, 0) is 24.3 Å². The highest BCUT2D eigenvalue weighted by atomic mass is 19.4. The van der Waals surface area contributed by atoms with Crippen LogP contribution in [0.25, 0.3) is 11.4 Å². The van der Waals surface area contributed by atoms with E-state index in [0.717, 1.165) is 34.2 Å². The van der Waals surface area contributed by atoms with Crippen LogP contribution in [0.2, 0.25) is 0 Å². The molecule has 2 aromatic heterocycles. The monoisotopic (exact) mass is 484 g/mol. The molecule has 0 aliphatic heterocycles. The number of rotatable bonds is 4. The van der Waals surface area contributed by atoms with E-state index in [-0.39, 0.29) is 0 Å². The molecule has 0 aliphatic carbocycles. The lowest BCUT2D eigenvalue weighted by Gasteiger charge is -2.07. The molecule has 0 amide bonds. The fourth-order valence-corrected chi connectivity index (χ4v) is 2.84. The minimum absolute atomic E-state index is 0.462. The molecule has 6 nitrogen and oxygen atoms in total. The maximum absolute atomic E-state index is 12.4. The van der Waals surface area contributed by atoms with Gasteiger partial charge < -0.3 is 9.47 Å². The summed E-state index contributed by atoms with van der Waals surface area (Å²) in [5, 5.41) is 7.36. The molecule has 0 atom stereocenters. The molecule has 0 fully saturated rings. The van der Waals surface area contributed by atoms with Crippen molar-refractivity contribution in [3.8, 4) is 22.9 Å². The van der Waals surface area contributed by atoms with E-state index in [1.807, 2.05) is 0 Å². The third kappa shape index (κ3) is 5.69. The molecule has 0 saturated carbocycles. The highest BCUT2D eigenvalue weighted by Crippen LogP contribution is 2.31. The maximum atomic E-state index is 12.4. The number of hydrogen-bond donors (Lipinski definition) is 0. The number of methoxy groups -OCH3 is 2. The zero-order valence-corrected chi connectivity index (χ0v) is 17.8. The predicted octanol–water partition coefficient (Wildman–Crippen LogP) is 5.80. The Morgan fingerprint density at radius 1 is 0.618 bits per heavy atom. The first-order chi connectivity index (χ1) is 16.0. The van der Waals surface area contributed by atoms with Gasteiger partial charge in [0.25, 0.3) is 0 Å². The van der Waals surface area contributed by atoms with E-state index in [4.69, 9.17) is 9.47 Å². The van der Waals surface area contributed by atoms with Gasteiger partial charge in [0.1, 0.15) is 22.9 Å². The van der Waals surface area contributed by atoms with Crippen LogP contribution in [0, 0.1) is 0 Å². The van der Waals surface area contributed by atoms with E-state index in [1.54, 1.807) is 48.5 Å². The van der Waals surface area contributed by atoms with Crippen molar-refractivity contribution in [2.75, 3.05) is 14.2 Å². The van der Waals surface area contributed by atoms with Crippen LogP contribution < -0.4 is 9.47 Å². The third-order valence-corrected chi connectivity index (χ3v) is 4.48. The van der Waals surface area contributed by atoms with Crippen LogP contribution in [0.3, 0.4) is 0 Å². The standard InChI is InChI=1S/2C11H9F3N2O/c2*1-17-10-5-3-2-4-9(10)16-7-8(6-15-16)11(12,13)14/h2*2-7H,1H3. The molecular weight excluding hydrogens is 466 g/mol. The summed E-state index contributed by atoms with van der Waals surface area (Å²) in [6.45, 7) is 0. The highest BCUT2D eigenvalue weighted by Gasteiger charge is 2.33. The number of hydrogen-bond acceptors (Lipinski definition) is 4. The van der Waals surface area contributed by atoms with Crippen LogP contribution in [0.15, 0.2) is 73.3 Å². The van der Waals surface area contributed by atoms with Crippen LogP contribution in [0.5, 0.6) is 11.5 Å². The number of nitrogens with zero attached hydrogens (tertiary/aromatic N) is 4. The molecule has 4 rings (SSSR count). The molecule has 0 saturated heterocycles. The Morgan fingerprint density at radius 3 is 1.26 bits per heavy atom. The molecule has 2 aromatic carbocycles. The summed E-state index contributed by atoms with van der Waals surface area (Å²) in [4.78, 5) is 0. The molecular formula is C22H18F6N4O2. The van der Waals surface area contributed by atoms with Crippen LogP contribution in [0.1, 0.15) is 11.1 Å². The van der Waals surface area contributed by atoms with Crippen LogP contribution in [-0.2, 0) is 12.4 Å². The summed E-state index contributed by atoms with van der Waals surface area (Å²) in [6, 6.07) is 13.4. The van der Waals surface area contributed by atoms with Gasteiger partial charge in [-0.2, -0.15) is 36.5 Å². The number of aromatic nitrogens is 4. The van der Waals surface area contributed by atoms with E-state index < -0.39 is 23.5 Å². The topological polar surface area (TPSA) is 54.1 Å². The van der Waals surface area contributed by atoms with Crippen LogP contribution >= 0.6 is 0 Å². The summed E-state index contributed by atoms with van der Waals surface area (Å²) in [6.07, 6.45) is -5.35. The number of ether oxygens (including phenoxy) is 2. The first-order valence-corrected chi connectivity index (χ1v) is 9.55. The Labute approximate surface area is 190 Å². The Kier molecular flexibility index (Phi) is 7.18. The van der Waals surface area contributed by atoms with Crippen LogP contribution in [0.4, 0.5) is 26.3 Å². The second kappa shape index (κ2) is 9.89. The van der Waals surface area contributed by atoms with Gasteiger partial charge in [-0.1, -0.05) is 24.3 Å². The smallest absolute Gasteiger partial charge is 0.419 e. The average Bonchev–Trinajstić information content (AvgIpc) is 3.49. The first kappa shape index (κ1) is 24.7. The minimum atomic E-state index is -4.39. The van der Waals surface area contributed by atoms with E-state index in [1.165, 1.54) is 14.2 Å². The Bertz CT molecular complexity index is 1130. The van der Waals surface area contributed by atoms with Crippen molar-refractivity contribution >= 4 is 0 Å². The van der Waals surface area contributed by atoms with Gasteiger partial charge >= 0.3 is 12.4 Å². The molecule has 2 heterocycles. The highest BCUT2D eigenvalue weighted by molar-refractivity contribution is 5.47. The second-order valence-corrected chi connectivity index (χ2v) is 6.69. The Hall–Kier alpha value is -3.96. The number of halogens is 6. The third-order valence-electron chi connectivity index (χ3n) is 4.48. The molecule has 0 unspecified atom stereocenters. The van der Waals surface area contributed by atoms with Gasteiger partial charge in [0.2, 0.25) is 0 Å². The molecule has 0 radical (unpaired) electrons. The average molecular weight is 484 g/mol. The van der Waals surface area contributed by atoms with Gasteiger partial charge in [0.15, 0.2) is 0 Å². The second-order valence-electron chi connectivity index (χ2n) is 6.69. The number of benzene rings is 2. The lowest BCUT2D eigenvalue weighted by molar-refractivity contribution is -0.138. The van der Waals surface area contributed by atoms with Crippen molar-refractivity contribution in [1.29, 1.82) is 0 Å². The van der Waals surface area contributed by atoms with Gasteiger partial charge in [0.05, 0.1) is 37.7 Å². The zero-order chi connectivity index (χ0) is 24.9. The fraction of sp³-hybridized carbons (Fsp3) is 0.182. The molecule has 0 aliphatic rings. The largest absolute Gasteiger partial charge is 0.494 e. The van der Waals surface area contributed by atoms with Crippen molar-refractivity contribution in [1.82, 2.24) is 19.6 Å². The Balaban J connectivity index is 0.000000191.